The van der Waals surface area contributed by atoms with Crippen LogP contribution >= 0.6 is 0 Å². The molecule has 1 atom stereocenters. The van der Waals surface area contributed by atoms with Crippen molar-refractivity contribution in [3.63, 3.8) is 0 Å². The molecule has 1 heterocycles. The van der Waals surface area contributed by atoms with Crippen LogP contribution in [0.3, 0.4) is 0 Å². The summed E-state index contributed by atoms with van der Waals surface area (Å²) in [5, 5.41) is 12.9. The van der Waals surface area contributed by atoms with E-state index in [0.29, 0.717) is 12.4 Å². The van der Waals surface area contributed by atoms with Crippen LogP contribution < -0.4 is 4.74 Å². The van der Waals surface area contributed by atoms with Crippen molar-refractivity contribution in [1.29, 1.82) is 0 Å². The zero-order chi connectivity index (χ0) is 8.97. The number of aliphatic hydroxyl groups is 1. The number of aromatic nitrogens is 2. The Morgan fingerprint density at radius 3 is 3.00 bits per heavy atom. The summed E-state index contributed by atoms with van der Waals surface area (Å²) >= 11 is 0. The van der Waals surface area contributed by atoms with Gasteiger partial charge in [0.1, 0.15) is 6.61 Å². The molecule has 0 aliphatic heterocycles. The van der Waals surface area contributed by atoms with Crippen LogP contribution in [0.2, 0.25) is 0 Å². The van der Waals surface area contributed by atoms with Crippen LogP contribution in [-0.4, -0.2) is 27.6 Å². The fraction of sp³-hybridized carbons (Fsp3) is 0.625. The molecule has 0 saturated carbocycles. The maximum atomic E-state index is 8.93. The second-order valence-electron chi connectivity index (χ2n) is 2.69. The molecular weight excluding hydrogens is 156 g/mol. The fourth-order valence-corrected chi connectivity index (χ4v) is 0.809. The first-order valence-electron chi connectivity index (χ1n) is 4.05. The second-order valence-corrected chi connectivity index (χ2v) is 2.69. The lowest BCUT2D eigenvalue weighted by Gasteiger charge is -2.04. The largest absolute Gasteiger partial charge is 0.488 e. The Labute approximate surface area is 71.8 Å². The molecule has 4 heteroatoms. The minimum absolute atomic E-state index is 0.315. The molecule has 1 aromatic heterocycles. The van der Waals surface area contributed by atoms with Crippen molar-refractivity contribution in [2.45, 2.75) is 26.5 Å². The van der Waals surface area contributed by atoms with Gasteiger partial charge in [0.15, 0.2) is 5.75 Å². The molecule has 12 heavy (non-hydrogen) atoms. The van der Waals surface area contributed by atoms with Crippen LogP contribution in [0.25, 0.3) is 0 Å². The molecule has 1 aromatic rings. The first kappa shape index (κ1) is 9.06. The van der Waals surface area contributed by atoms with Crippen LogP contribution in [0, 0.1) is 0 Å². The van der Waals surface area contributed by atoms with Gasteiger partial charge < -0.3 is 9.84 Å². The summed E-state index contributed by atoms with van der Waals surface area (Å²) in [5.41, 5.74) is 0. The molecule has 0 radical (unpaired) electrons. The molecule has 0 saturated heterocycles. The van der Waals surface area contributed by atoms with E-state index in [0.717, 1.165) is 6.54 Å². The van der Waals surface area contributed by atoms with Gasteiger partial charge in [0.05, 0.1) is 18.5 Å². The van der Waals surface area contributed by atoms with E-state index < -0.39 is 6.10 Å². The van der Waals surface area contributed by atoms with Crippen LogP contribution in [0.15, 0.2) is 12.4 Å². The minimum Gasteiger partial charge on any atom is -0.488 e. The molecule has 0 bridgehead atoms. The van der Waals surface area contributed by atoms with Crippen molar-refractivity contribution in [2.75, 3.05) is 6.61 Å². The zero-order valence-corrected chi connectivity index (χ0v) is 7.40. The van der Waals surface area contributed by atoms with Crippen molar-refractivity contribution >= 4 is 0 Å². The van der Waals surface area contributed by atoms with Crippen LogP contribution in [0.5, 0.6) is 5.75 Å². The SMILES string of the molecule is CCn1cc(OC[C@@H](C)O)cn1. The highest BCUT2D eigenvalue weighted by Gasteiger charge is 1.99. The van der Waals surface area contributed by atoms with E-state index in [1.54, 1.807) is 17.8 Å². The van der Waals surface area contributed by atoms with E-state index in [4.69, 9.17) is 9.84 Å². The van der Waals surface area contributed by atoms with Gasteiger partial charge in [0.2, 0.25) is 0 Å². The monoisotopic (exact) mass is 170 g/mol. The summed E-state index contributed by atoms with van der Waals surface area (Å²) in [6.07, 6.45) is 3.02. The Hall–Kier alpha value is -1.03. The number of nitrogens with zero attached hydrogens (tertiary/aromatic N) is 2. The summed E-state index contributed by atoms with van der Waals surface area (Å²) in [6, 6.07) is 0. The van der Waals surface area contributed by atoms with Gasteiger partial charge in [-0.15, -0.1) is 0 Å². The smallest absolute Gasteiger partial charge is 0.157 e. The van der Waals surface area contributed by atoms with Crippen molar-refractivity contribution in [3.8, 4) is 5.75 Å². The van der Waals surface area contributed by atoms with Gasteiger partial charge in [-0.05, 0) is 13.8 Å². The third kappa shape index (κ3) is 2.54. The topological polar surface area (TPSA) is 47.3 Å². The summed E-state index contributed by atoms with van der Waals surface area (Å²) in [4.78, 5) is 0. The van der Waals surface area contributed by atoms with Gasteiger partial charge in [-0.3, -0.25) is 4.68 Å². The number of ether oxygens (including phenoxy) is 1. The molecule has 0 spiro atoms. The first-order valence-corrected chi connectivity index (χ1v) is 4.05. The number of aliphatic hydroxyl groups excluding tert-OH is 1. The maximum Gasteiger partial charge on any atom is 0.157 e. The Kier molecular flexibility index (Phi) is 3.10. The molecule has 0 aliphatic carbocycles. The van der Waals surface area contributed by atoms with Gasteiger partial charge in [-0.2, -0.15) is 5.10 Å². The molecule has 0 aromatic carbocycles. The van der Waals surface area contributed by atoms with E-state index in [1.807, 2.05) is 13.1 Å². The minimum atomic E-state index is -0.435. The zero-order valence-electron chi connectivity index (χ0n) is 7.40. The normalized spacial score (nSPS) is 12.9. The fourth-order valence-electron chi connectivity index (χ4n) is 0.809. The Morgan fingerprint density at radius 1 is 1.75 bits per heavy atom. The third-order valence-electron chi connectivity index (χ3n) is 1.42. The van der Waals surface area contributed by atoms with E-state index in [-0.39, 0.29) is 0 Å². The molecule has 68 valence electrons. The predicted octanol–water partition coefficient (Wildman–Crippen LogP) is 0.663. The van der Waals surface area contributed by atoms with Gasteiger partial charge >= 0.3 is 0 Å². The Morgan fingerprint density at radius 2 is 2.50 bits per heavy atom. The predicted molar refractivity (Wildman–Crippen MR) is 45.1 cm³/mol. The number of hydrogen-bond donors (Lipinski definition) is 1. The molecule has 4 nitrogen and oxygen atoms in total. The van der Waals surface area contributed by atoms with E-state index in [9.17, 15) is 0 Å². The van der Waals surface area contributed by atoms with Crippen molar-refractivity contribution in [2.24, 2.45) is 0 Å². The molecule has 1 rings (SSSR count). The maximum absolute atomic E-state index is 8.93. The molecule has 0 aliphatic rings. The van der Waals surface area contributed by atoms with Gasteiger partial charge in [0.25, 0.3) is 0 Å². The lowest BCUT2D eigenvalue weighted by molar-refractivity contribution is 0.122. The lowest BCUT2D eigenvalue weighted by atomic mass is 10.4. The molecule has 0 fully saturated rings. The first-order chi connectivity index (χ1) is 5.72. The van der Waals surface area contributed by atoms with E-state index in [1.165, 1.54) is 0 Å². The van der Waals surface area contributed by atoms with Crippen molar-refractivity contribution in [1.82, 2.24) is 9.78 Å². The average molecular weight is 170 g/mol. The standard InChI is InChI=1S/C8H14N2O2/c1-3-10-5-8(4-9-10)12-6-7(2)11/h4-5,7,11H,3,6H2,1-2H3/t7-/m1/s1. The quantitative estimate of drug-likeness (QED) is 0.722. The highest BCUT2D eigenvalue weighted by Crippen LogP contribution is 2.07. The highest BCUT2D eigenvalue weighted by molar-refractivity contribution is 5.11. The molecular formula is C8H14N2O2. The van der Waals surface area contributed by atoms with Crippen molar-refractivity contribution < 1.29 is 9.84 Å². The van der Waals surface area contributed by atoms with Crippen LogP contribution in [-0.2, 0) is 6.54 Å². The Balaban J connectivity index is 2.41. The summed E-state index contributed by atoms with van der Waals surface area (Å²) in [5.74, 6) is 0.706. The van der Waals surface area contributed by atoms with E-state index in [2.05, 4.69) is 5.10 Å². The number of hydrogen-bond acceptors (Lipinski definition) is 3. The lowest BCUT2D eigenvalue weighted by Crippen LogP contribution is -2.12. The van der Waals surface area contributed by atoms with Crippen LogP contribution in [0.1, 0.15) is 13.8 Å². The van der Waals surface area contributed by atoms with Gasteiger partial charge in [-0.25, -0.2) is 0 Å². The summed E-state index contributed by atoms with van der Waals surface area (Å²) < 4.78 is 6.99. The molecule has 0 unspecified atom stereocenters. The number of aryl methyl sites for hydroxylation is 1. The van der Waals surface area contributed by atoms with Crippen LogP contribution in [0.4, 0.5) is 0 Å². The third-order valence-corrected chi connectivity index (χ3v) is 1.42. The summed E-state index contributed by atoms with van der Waals surface area (Å²) in [7, 11) is 0. The van der Waals surface area contributed by atoms with Gasteiger partial charge in [0, 0.05) is 6.54 Å². The molecule has 0 amide bonds. The highest BCUT2D eigenvalue weighted by atomic mass is 16.5. The van der Waals surface area contributed by atoms with E-state index >= 15 is 0 Å². The van der Waals surface area contributed by atoms with Crippen molar-refractivity contribution in [3.05, 3.63) is 12.4 Å². The van der Waals surface area contributed by atoms with Gasteiger partial charge in [-0.1, -0.05) is 0 Å². The molecule has 1 N–H and O–H groups in total. The summed E-state index contributed by atoms with van der Waals surface area (Å²) in [6.45, 7) is 4.84. The average Bonchev–Trinajstić information content (AvgIpc) is 2.48. The number of rotatable bonds is 4. The Bertz CT molecular complexity index is 233. The second kappa shape index (κ2) is 4.11.